The van der Waals surface area contributed by atoms with E-state index < -0.39 is 0 Å². The van der Waals surface area contributed by atoms with Gasteiger partial charge in [0.2, 0.25) is 5.95 Å². The van der Waals surface area contributed by atoms with Crippen molar-refractivity contribution in [1.29, 1.82) is 0 Å². The maximum Gasteiger partial charge on any atom is 0.205 e. The van der Waals surface area contributed by atoms with E-state index in [2.05, 4.69) is 35.0 Å². The molecular formula is C13H24N4O. The van der Waals surface area contributed by atoms with E-state index in [1.165, 1.54) is 6.42 Å². The van der Waals surface area contributed by atoms with Crippen molar-refractivity contribution in [2.45, 2.75) is 32.4 Å². The molecule has 2 heterocycles. The largest absolute Gasteiger partial charge is 0.383 e. The summed E-state index contributed by atoms with van der Waals surface area (Å²) in [5.41, 5.74) is 1.15. The fourth-order valence-electron chi connectivity index (χ4n) is 2.40. The van der Waals surface area contributed by atoms with Crippen molar-refractivity contribution in [3.05, 3.63) is 11.9 Å². The number of nitrogens with one attached hydrogen (secondary N) is 1. The van der Waals surface area contributed by atoms with Gasteiger partial charge in [0.15, 0.2) is 0 Å². The summed E-state index contributed by atoms with van der Waals surface area (Å²) in [6, 6.07) is 0.554. The lowest BCUT2D eigenvalue weighted by atomic mass is 10.2. The smallest absolute Gasteiger partial charge is 0.205 e. The summed E-state index contributed by atoms with van der Waals surface area (Å²) >= 11 is 0. The molecule has 1 N–H and O–H groups in total. The van der Waals surface area contributed by atoms with Crippen LogP contribution < -0.4 is 10.2 Å². The first kappa shape index (κ1) is 13.4. The van der Waals surface area contributed by atoms with Gasteiger partial charge >= 0.3 is 0 Å². The zero-order valence-corrected chi connectivity index (χ0v) is 11.6. The number of hydrogen-bond acceptors (Lipinski definition) is 4. The normalized spacial score (nSPS) is 19.4. The van der Waals surface area contributed by atoms with Gasteiger partial charge in [0, 0.05) is 39.5 Å². The first-order chi connectivity index (χ1) is 8.76. The zero-order valence-electron chi connectivity index (χ0n) is 11.6. The minimum atomic E-state index is 0.554. The fraction of sp³-hybridized carbons (Fsp3) is 0.769. The van der Waals surface area contributed by atoms with Crippen molar-refractivity contribution in [3.8, 4) is 0 Å². The molecule has 0 saturated carbocycles. The standard InChI is InChI=1S/C13H24N4O/c1-4-11-10-17(7-8-18-3)13(15-11)16(2)12-5-6-14-9-12/h10,12,14H,4-9H2,1-3H3. The monoisotopic (exact) mass is 252 g/mol. The minimum absolute atomic E-state index is 0.554. The lowest BCUT2D eigenvalue weighted by Crippen LogP contribution is -2.35. The number of methoxy groups -OCH3 is 1. The molecule has 0 spiro atoms. The van der Waals surface area contributed by atoms with E-state index in [0.29, 0.717) is 6.04 Å². The summed E-state index contributed by atoms with van der Waals surface area (Å²) in [7, 11) is 3.88. The van der Waals surface area contributed by atoms with E-state index in [4.69, 9.17) is 9.72 Å². The molecule has 1 atom stereocenters. The molecule has 1 fully saturated rings. The van der Waals surface area contributed by atoms with Gasteiger partial charge in [0.1, 0.15) is 0 Å². The van der Waals surface area contributed by atoms with Crippen molar-refractivity contribution in [2.75, 3.05) is 38.8 Å². The lowest BCUT2D eigenvalue weighted by molar-refractivity contribution is 0.187. The highest BCUT2D eigenvalue weighted by atomic mass is 16.5. The van der Waals surface area contributed by atoms with Crippen LogP contribution in [0.15, 0.2) is 6.20 Å². The highest BCUT2D eigenvalue weighted by molar-refractivity contribution is 5.34. The van der Waals surface area contributed by atoms with Gasteiger partial charge < -0.3 is 19.5 Å². The Balaban J connectivity index is 2.15. The van der Waals surface area contributed by atoms with Crippen LogP contribution in [0.5, 0.6) is 0 Å². The Labute approximate surface area is 109 Å². The molecule has 1 aromatic rings. The molecule has 1 unspecified atom stereocenters. The third kappa shape index (κ3) is 2.84. The predicted molar refractivity (Wildman–Crippen MR) is 73.2 cm³/mol. The fourth-order valence-corrected chi connectivity index (χ4v) is 2.40. The number of likely N-dealkylation sites (N-methyl/N-ethyl adjacent to an activating group) is 1. The van der Waals surface area contributed by atoms with Crippen molar-refractivity contribution in [1.82, 2.24) is 14.9 Å². The molecule has 1 aliphatic heterocycles. The van der Waals surface area contributed by atoms with Gasteiger partial charge in [0.25, 0.3) is 0 Å². The molecule has 0 radical (unpaired) electrons. The minimum Gasteiger partial charge on any atom is -0.383 e. The lowest BCUT2D eigenvalue weighted by Gasteiger charge is -2.25. The summed E-state index contributed by atoms with van der Waals surface area (Å²) in [6.07, 6.45) is 4.31. The third-order valence-corrected chi connectivity index (χ3v) is 3.60. The first-order valence-corrected chi connectivity index (χ1v) is 6.74. The number of nitrogens with zero attached hydrogens (tertiary/aromatic N) is 3. The van der Waals surface area contributed by atoms with Gasteiger partial charge in [-0.15, -0.1) is 0 Å². The third-order valence-electron chi connectivity index (χ3n) is 3.60. The number of anilines is 1. The summed E-state index contributed by atoms with van der Waals surface area (Å²) < 4.78 is 7.38. The van der Waals surface area contributed by atoms with E-state index in [1.807, 2.05) is 0 Å². The maximum atomic E-state index is 5.17. The maximum absolute atomic E-state index is 5.17. The Bertz CT molecular complexity index is 371. The molecular weight excluding hydrogens is 228 g/mol. The van der Waals surface area contributed by atoms with Crippen molar-refractivity contribution in [3.63, 3.8) is 0 Å². The number of rotatable bonds is 6. The molecule has 1 aliphatic rings. The number of aromatic nitrogens is 2. The topological polar surface area (TPSA) is 42.3 Å². The van der Waals surface area contributed by atoms with E-state index in [9.17, 15) is 0 Å². The number of hydrogen-bond donors (Lipinski definition) is 1. The highest BCUT2D eigenvalue weighted by Gasteiger charge is 2.23. The van der Waals surface area contributed by atoms with Crippen molar-refractivity contribution >= 4 is 5.95 Å². The number of aryl methyl sites for hydroxylation is 1. The van der Waals surface area contributed by atoms with Crippen LogP contribution >= 0.6 is 0 Å². The van der Waals surface area contributed by atoms with Crippen LogP contribution in [0.25, 0.3) is 0 Å². The van der Waals surface area contributed by atoms with Crippen LogP contribution in [0.3, 0.4) is 0 Å². The van der Waals surface area contributed by atoms with Crippen LogP contribution in [-0.2, 0) is 17.7 Å². The Kier molecular flexibility index (Phi) is 4.60. The molecule has 5 nitrogen and oxygen atoms in total. The SMILES string of the molecule is CCc1cn(CCOC)c(N(C)C2CCNC2)n1. The molecule has 2 rings (SSSR count). The van der Waals surface area contributed by atoms with Gasteiger partial charge in [-0.3, -0.25) is 0 Å². The summed E-state index contributed by atoms with van der Waals surface area (Å²) in [4.78, 5) is 7.03. The molecule has 0 bridgehead atoms. The van der Waals surface area contributed by atoms with Gasteiger partial charge in [-0.2, -0.15) is 0 Å². The molecule has 18 heavy (non-hydrogen) atoms. The molecule has 5 heteroatoms. The second-order valence-corrected chi connectivity index (χ2v) is 4.83. The highest BCUT2D eigenvalue weighted by Crippen LogP contribution is 2.18. The quantitative estimate of drug-likeness (QED) is 0.816. The molecule has 0 aromatic carbocycles. The predicted octanol–water partition coefficient (Wildman–Crippen LogP) is 0.890. The van der Waals surface area contributed by atoms with E-state index in [-0.39, 0.29) is 0 Å². The van der Waals surface area contributed by atoms with Crippen LogP contribution in [0.2, 0.25) is 0 Å². The first-order valence-electron chi connectivity index (χ1n) is 6.74. The molecule has 1 saturated heterocycles. The van der Waals surface area contributed by atoms with Crippen LogP contribution in [0.1, 0.15) is 19.0 Å². The second kappa shape index (κ2) is 6.20. The average molecular weight is 252 g/mol. The van der Waals surface area contributed by atoms with Gasteiger partial charge in [-0.05, 0) is 19.4 Å². The van der Waals surface area contributed by atoms with Gasteiger partial charge in [-0.25, -0.2) is 4.98 Å². The Morgan fingerprint density at radius 2 is 2.44 bits per heavy atom. The zero-order chi connectivity index (χ0) is 13.0. The number of imidazole rings is 1. The van der Waals surface area contributed by atoms with E-state index in [1.54, 1.807) is 7.11 Å². The molecule has 0 amide bonds. The molecule has 1 aromatic heterocycles. The summed E-state index contributed by atoms with van der Waals surface area (Å²) in [6.45, 7) is 5.89. The van der Waals surface area contributed by atoms with Crippen molar-refractivity contribution < 1.29 is 4.74 Å². The van der Waals surface area contributed by atoms with Crippen molar-refractivity contribution in [2.24, 2.45) is 0 Å². The average Bonchev–Trinajstić information content (AvgIpc) is 3.04. The van der Waals surface area contributed by atoms with E-state index >= 15 is 0 Å². The van der Waals surface area contributed by atoms with Crippen LogP contribution in [-0.4, -0.2) is 49.4 Å². The Hall–Kier alpha value is -1.07. The van der Waals surface area contributed by atoms with Crippen LogP contribution in [0, 0.1) is 0 Å². The second-order valence-electron chi connectivity index (χ2n) is 4.83. The van der Waals surface area contributed by atoms with E-state index in [0.717, 1.165) is 44.3 Å². The summed E-state index contributed by atoms with van der Waals surface area (Å²) in [5, 5.41) is 3.40. The molecule has 0 aliphatic carbocycles. The van der Waals surface area contributed by atoms with Gasteiger partial charge in [0.05, 0.1) is 12.3 Å². The Morgan fingerprint density at radius 3 is 3.06 bits per heavy atom. The Morgan fingerprint density at radius 1 is 1.61 bits per heavy atom. The summed E-state index contributed by atoms with van der Waals surface area (Å²) in [5.74, 6) is 1.07. The van der Waals surface area contributed by atoms with Crippen LogP contribution in [0.4, 0.5) is 5.95 Å². The molecule has 102 valence electrons. The number of ether oxygens (including phenoxy) is 1. The van der Waals surface area contributed by atoms with Gasteiger partial charge in [-0.1, -0.05) is 6.92 Å².